The van der Waals surface area contributed by atoms with Gasteiger partial charge in [0.05, 0.1) is 17.6 Å². The zero-order valence-electron chi connectivity index (χ0n) is 10.4. The molecule has 96 valence electrons. The number of H-pyrrole nitrogens is 1. The first kappa shape index (κ1) is 12.0. The number of aromatic amines is 1. The number of aromatic nitrogens is 3. The fraction of sp³-hybridized carbons (Fsp3) is 0.143. The maximum atomic E-state index is 13.4. The average Bonchev–Trinajstić information content (AvgIpc) is 2.69. The second kappa shape index (κ2) is 4.59. The predicted molar refractivity (Wildman–Crippen MR) is 75.2 cm³/mol. The molecule has 0 aliphatic rings. The molecule has 0 aliphatic carbocycles. The van der Waals surface area contributed by atoms with E-state index in [-0.39, 0.29) is 5.82 Å². The van der Waals surface area contributed by atoms with Crippen molar-refractivity contribution < 1.29 is 4.39 Å². The normalized spacial score (nSPS) is 11.1. The summed E-state index contributed by atoms with van der Waals surface area (Å²) in [6, 6.07) is 6.58. The van der Waals surface area contributed by atoms with Crippen molar-refractivity contribution >= 4 is 23.3 Å². The summed E-state index contributed by atoms with van der Waals surface area (Å²) >= 11 is 5.31. The van der Waals surface area contributed by atoms with Crippen LogP contribution in [-0.4, -0.2) is 14.5 Å². The lowest BCUT2D eigenvalue weighted by atomic mass is 10.1. The third kappa shape index (κ3) is 2.17. The highest BCUT2D eigenvalue weighted by atomic mass is 32.1. The molecular weight excluding hydrogens is 261 g/mol. The molecule has 0 unspecified atom stereocenters. The second-order valence-electron chi connectivity index (χ2n) is 4.48. The van der Waals surface area contributed by atoms with Gasteiger partial charge >= 0.3 is 0 Å². The Morgan fingerprint density at radius 2 is 2.21 bits per heavy atom. The first-order chi connectivity index (χ1) is 9.15. The van der Waals surface area contributed by atoms with E-state index in [2.05, 4.69) is 9.97 Å². The molecule has 0 bridgehead atoms. The van der Waals surface area contributed by atoms with Crippen LogP contribution in [0, 0.1) is 17.5 Å². The Balaban J connectivity index is 2.15. The molecule has 3 nitrogen and oxygen atoms in total. The Kier molecular flexibility index (Phi) is 2.91. The van der Waals surface area contributed by atoms with Gasteiger partial charge in [-0.05, 0) is 54.5 Å². The summed E-state index contributed by atoms with van der Waals surface area (Å²) in [5.41, 5.74) is 3.84. The molecule has 0 aliphatic heterocycles. The van der Waals surface area contributed by atoms with E-state index in [1.54, 1.807) is 12.3 Å². The van der Waals surface area contributed by atoms with E-state index >= 15 is 0 Å². The number of aryl methyl sites for hydroxylation is 1. The van der Waals surface area contributed by atoms with Gasteiger partial charge in [0.1, 0.15) is 5.82 Å². The van der Waals surface area contributed by atoms with E-state index in [0.717, 1.165) is 22.2 Å². The van der Waals surface area contributed by atoms with Crippen LogP contribution in [0.15, 0.2) is 36.7 Å². The van der Waals surface area contributed by atoms with Crippen molar-refractivity contribution in [1.82, 2.24) is 14.5 Å². The molecule has 0 saturated carbocycles. The fourth-order valence-electron chi connectivity index (χ4n) is 2.13. The fourth-order valence-corrected chi connectivity index (χ4v) is 2.41. The van der Waals surface area contributed by atoms with Crippen LogP contribution in [-0.2, 0) is 6.54 Å². The molecule has 19 heavy (non-hydrogen) atoms. The van der Waals surface area contributed by atoms with Crippen LogP contribution in [0.25, 0.3) is 11.0 Å². The summed E-state index contributed by atoms with van der Waals surface area (Å²) in [5, 5.41) is 0. The van der Waals surface area contributed by atoms with Crippen LogP contribution in [0.1, 0.15) is 11.1 Å². The van der Waals surface area contributed by atoms with Gasteiger partial charge < -0.3 is 9.55 Å². The van der Waals surface area contributed by atoms with Crippen LogP contribution in [0.4, 0.5) is 4.39 Å². The topological polar surface area (TPSA) is 33.6 Å². The number of imidazole rings is 1. The minimum Gasteiger partial charge on any atom is -0.331 e. The molecular formula is C14H12FN3S. The third-order valence-electron chi connectivity index (χ3n) is 3.20. The van der Waals surface area contributed by atoms with E-state index < -0.39 is 0 Å². The van der Waals surface area contributed by atoms with Crippen LogP contribution in [0.5, 0.6) is 0 Å². The van der Waals surface area contributed by atoms with Crippen LogP contribution in [0.3, 0.4) is 0 Å². The van der Waals surface area contributed by atoms with E-state index in [9.17, 15) is 4.39 Å². The van der Waals surface area contributed by atoms with E-state index in [4.69, 9.17) is 12.2 Å². The molecule has 3 rings (SSSR count). The number of pyridine rings is 1. The van der Waals surface area contributed by atoms with Gasteiger partial charge in [0.25, 0.3) is 0 Å². The van der Waals surface area contributed by atoms with E-state index in [0.29, 0.717) is 11.3 Å². The zero-order chi connectivity index (χ0) is 13.4. The van der Waals surface area contributed by atoms with Gasteiger partial charge in [0, 0.05) is 12.4 Å². The average molecular weight is 273 g/mol. The first-order valence-corrected chi connectivity index (χ1v) is 6.33. The highest BCUT2D eigenvalue weighted by Crippen LogP contribution is 2.18. The maximum Gasteiger partial charge on any atom is 0.178 e. The van der Waals surface area contributed by atoms with Crippen LogP contribution in [0.2, 0.25) is 0 Å². The van der Waals surface area contributed by atoms with Crippen molar-refractivity contribution in [3.63, 3.8) is 0 Å². The van der Waals surface area contributed by atoms with E-state index in [1.807, 2.05) is 23.8 Å². The summed E-state index contributed by atoms with van der Waals surface area (Å²) in [4.78, 5) is 7.16. The Labute approximate surface area is 114 Å². The smallest absolute Gasteiger partial charge is 0.178 e. The monoisotopic (exact) mass is 273 g/mol. The predicted octanol–water partition coefficient (Wildman–Crippen LogP) is 3.59. The number of rotatable bonds is 2. The van der Waals surface area contributed by atoms with Gasteiger partial charge in [-0.3, -0.25) is 4.98 Å². The Morgan fingerprint density at radius 3 is 3.00 bits per heavy atom. The largest absolute Gasteiger partial charge is 0.331 e. The molecule has 0 radical (unpaired) electrons. The quantitative estimate of drug-likeness (QED) is 0.724. The Morgan fingerprint density at radius 1 is 1.37 bits per heavy atom. The van der Waals surface area contributed by atoms with Gasteiger partial charge in [0.2, 0.25) is 0 Å². The minimum absolute atomic E-state index is 0.262. The highest BCUT2D eigenvalue weighted by Gasteiger charge is 2.07. The van der Waals surface area contributed by atoms with Crippen molar-refractivity contribution in [2.75, 3.05) is 0 Å². The maximum absolute atomic E-state index is 13.4. The number of nitrogens with zero attached hydrogens (tertiary/aromatic N) is 2. The Hall–Kier alpha value is -2.01. The van der Waals surface area contributed by atoms with Crippen molar-refractivity contribution in [2.24, 2.45) is 0 Å². The minimum atomic E-state index is -0.262. The number of hydrogen-bond donors (Lipinski definition) is 1. The molecule has 1 N–H and O–H groups in total. The summed E-state index contributed by atoms with van der Waals surface area (Å²) in [7, 11) is 0. The summed E-state index contributed by atoms with van der Waals surface area (Å²) in [6.45, 7) is 2.61. The third-order valence-corrected chi connectivity index (χ3v) is 3.52. The molecule has 0 atom stereocenters. The Bertz CT molecular complexity index is 804. The number of nitrogens with one attached hydrogen (secondary N) is 1. The summed E-state index contributed by atoms with van der Waals surface area (Å²) < 4.78 is 15.9. The van der Waals surface area contributed by atoms with E-state index in [1.165, 1.54) is 12.1 Å². The van der Waals surface area contributed by atoms with Crippen molar-refractivity contribution in [3.8, 4) is 0 Å². The highest BCUT2D eigenvalue weighted by molar-refractivity contribution is 7.71. The lowest BCUT2D eigenvalue weighted by Crippen LogP contribution is -2.02. The molecule has 0 saturated heterocycles. The second-order valence-corrected chi connectivity index (χ2v) is 4.87. The van der Waals surface area contributed by atoms with Crippen molar-refractivity contribution in [3.05, 3.63) is 58.4 Å². The van der Waals surface area contributed by atoms with Crippen molar-refractivity contribution in [1.29, 1.82) is 0 Å². The van der Waals surface area contributed by atoms with Crippen LogP contribution >= 0.6 is 12.2 Å². The first-order valence-electron chi connectivity index (χ1n) is 5.93. The van der Waals surface area contributed by atoms with Gasteiger partial charge in [-0.2, -0.15) is 0 Å². The molecule has 5 heteroatoms. The standard InChI is InChI=1S/C14H12FN3S/c1-9-7-16-5-4-10(9)8-18-13-6-11(15)2-3-12(13)17-14(18)19/h2-7H,8H2,1H3,(H,17,19). The summed E-state index contributed by atoms with van der Waals surface area (Å²) in [6.07, 6.45) is 3.57. The number of hydrogen-bond acceptors (Lipinski definition) is 2. The number of benzene rings is 1. The molecule has 0 fully saturated rings. The lowest BCUT2D eigenvalue weighted by molar-refractivity contribution is 0.628. The molecule has 0 spiro atoms. The van der Waals surface area contributed by atoms with Crippen molar-refractivity contribution in [2.45, 2.75) is 13.5 Å². The number of halogens is 1. The van der Waals surface area contributed by atoms with Gasteiger partial charge in [-0.25, -0.2) is 4.39 Å². The van der Waals surface area contributed by atoms with Gasteiger partial charge in [-0.1, -0.05) is 0 Å². The van der Waals surface area contributed by atoms with Gasteiger partial charge in [0.15, 0.2) is 4.77 Å². The van der Waals surface area contributed by atoms with Crippen LogP contribution < -0.4 is 0 Å². The lowest BCUT2D eigenvalue weighted by Gasteiger charge is -2.07. The summed E-state index contributed by atoms with van der Waals surface area (Å²) in [5.74, 6) is -0.262. The molecule has 0 amide bonds. The molecule has 3 aromatic rings. The molecule has 2 heterocycles. The number of fused-ring (bicyclic) bond motifs is 1. The molecule has 2 aromatic heterocycles. The zero-order valence-corrected chi connectivity index (χ0v) is 11.2. The SMILES string of the molecule is Cc1cnccc1Cn1c(=S)[nH]c2ccc(F)cc21. The van der Waals surface area contributed by atoms with Gasteiger partial charge in [-0.15, -0.1) is 0 Å². The molecule has 1 aromatic carbocycles.